The molecule has 6 heteroatoms. The van der Waals surface area contributed by atoms with Gasteiger partial charge in [-0.1, -0.05) is 6.07 Å². The Bertz CT molecular complexity index is 735. The number of aromatic nitrogens is 1. The maximum Gasteiger partial charge on any atom is 0.337 e. The molecule has 1 aromatic carbocycles. The van der Waals surface area contributed by atoms with Crippen LogP contribution in [0.3, 0.4) is 0 Å². The van der Waals surface area contributed by atoms with E-state index in [1.54, 1.807) is 24.3 Å². The highest BCUT2D eigenvalue weighted by molar-refractivity contribution is 7.09. The molecule has 1 amide bonds. The smallest absolute Gasteiger partial charge is 0.337 e. The van der Waals surface area contributed by atoms with Crippen molar-refractivity contribution in [1.82, 2.24) is 4.98 Å². The van der Waals surface area contributed by atoms with Crippen LogP contribution in [-0.4, -0.2) is 24.0 Å². The third-order valence-electron chi connectivity index (χ3n) is 2.96. The van der Waals surface area contributed by atoms with Crippen LogP contribution in [0.5, 0.6) is 0 Å². The number of hydrogen-bond acceptors (Lipinski definition) is 5. The fourth-order valence-corrected chi connectivity index (χ4v) is 2.37. The number of rotatable bonds is 4. The number of carbonyl (C=O) groups is 2. The number of ether oxygens (including phenoxy) is 1. The van der Waals surface area contributed by atoms with Crippen molar-refractivity contribution in [2.24, 2.45) is 0 Å². The summed E-state index contributed by atoms with van der Waals surface area (Å²) >= 11 is 1.52. The van der Waals surface area contributed by atoms with Gasteiger partial charge in [-0.2, -0.15) is 0 Å². The minimum absolute atomic E-state index is 0.282. The van der Waals surface area contributed by atoms with Crippen LogP contribution in [0.25, 0.3) is 6.08 Å². The van der Waals surface area contributed by atoms with Crippen LogP contribution < -0.4 is 5.32 Å². The Morgan fingerprint density at radius 2 is 2.09 bits per heavy atom. The number of esters is 1. The lowest BCUT2D eigenvalue weighted by Gasteiger charge is -2.08. The summed E-state index contributed by atoms with van der Waals surface area (Å²) in [5, 5.41) is 5.57. The van der Waals surface area contributed by atoms with Gasteiger partial charge in [0.25, 0.3) is 0 Å². The van der Waals surface area contributed by atoms with E-state index in [0.717, 1.165) is 16.3 Å². The van der Waals surface area contributed by atoms with Gasteiger partial charge in [-0.15, -0.1) is 11.3 Å². The minimum atomic E-state index is -0.441. The second-order valence-corrected chi connectivity index (χ2v) is 5.70. The third-order valence-corrected chi connectivity index (χ3v) is 3.75. The zero-order valence-electron chi connectivity index (χ0n) is 12.5. The number of aryl methyl sites for hydroxylation is 2. The van der Waals surface area contributed by atoms with Crippen molar-refractivity contribution in [1.29, 1.82) is 0 Å². The zero-order valence-corrected chi connectivity index (χ0v) is 13.4. The highest BCUT2D eigenvalue weighted by Crippen LogP contribution is 2.18. The topological polar surface area (TPSA) is 68.3 Å². The lowest BCUT2D eigenvalue weighted by atomic mass is 10.1. The van der Waals surface area contributed by atoms with Gasteiger partial charge in [-0.25, -0.2) is 9.78 Å². The first-order valence-electron chi connectivity index (χ1n) is 6.60. The molecule has 0 saturated carbocycles. The molecule has 0 unspecified atom stereocenters. The van der Waals surface area contributed by atoms with Crippen molar-refractivity contribution in [3.05, 3.63) is 51.5 Å². The lowest BCUT2D eigenvalue weighted by molar-refractivity contribution is -0.111. The fraction of sp³-hybridized carbons (Fsp3) is 0.188. The quantitative estimate of drug-likeness (QED) is 0.695. The molecule has 0 aliphatic rings. The molecule has 0 radical (unpaired) electrons. The number of methoxy groups -OCH3 is 1. The second kappa shape index (κ2) is 7.00. The van der Waals surface area contributed by atoms with Crippen molar-refractivity contribution in [3.8, 4) is 0 Å². The molecule has 1 heterocycles. The van der Waals surface area contributed by atoms with Gasteiger partial charge in [0.2, 0.25) is 5.91 Å². The summed E-state index contributed by atoms with van der Waals surface area (Å²) in [7, 11) is 1.32. The molecule has 0 bridgehead atoms. The van der Waals surface area contributed by atoms with Gasteiger partial charge in [0.1, 0.15) is 0 Å². The predicted octanol–water partition coefficient (Wildman–Crippen LogP) is 3.20. The summed E-state index contributed by atoms with van der Waals surface area (Å²) in [6.07, 6.45) is 3.07. The fourth-order valence-electron chi connectivity index (χ4n) is 1.79. The van der Waals surface area contributed by atoms with Crippen LogP contribution in [0.15, 0.2) is 29.7 Å². The Balaban J connectivity index is 2.10. The van der Waals surface area contributed by atoms with Crippen molar-refractivity contribution >= 4 is 35.0 Å². The van der Waals surface area contributed by atoms with Gasteiger partial charge in [0, 0.05) is 17.1 Å². The Morgan fingerprint density at radius 1 is 1.32 bits per heavy atom. The van der Waals surface area contributed by atoms with E-state index in [4.69, 9.17) is 0 Å². The molecule has 0 aliphatic carbocycles. The largest absolute Gasteiger partial charge is 0.465 e. The maximum atomic E-state index is 12.0. The van der Waals surface area contributed by atoms with Crippen LogP contribution in [0.2, 0.25) is 0 Å². The monoisotopic (exact) mass is 316 g/mol. The van der Waals surface area contributed by atoms with Crippen molar-refractivity contribution in [2.75, 3.05) is 12.4 Å². The van der Waals surface area contributed by atoms with Gasteiger partial charge in [0.05, 0.1) is 23.4 Å². The zero-order chi connectivity index (χ0) is 16.1. The molecule has 5 nitrogen and oxygen atoms in total. The number of nitrogens with zero attached hydrogens (tertiary/aromatic N) is 1. The van der Waals surface area contributed by atoms with Crippen LogP contribution in [-0.2, 0) is 9.53 Å². The van der Waals surface area contributed by atoms with Crippen LogP contribution in [0.1, 0.15) is 26.6 Å². The number of thiazole rings is 1. The summed E-state index contributed by atoms with van der Waals surface area (Å²) in [5.74, 6) is -0.722. The van der Waals surface area contributed by atoms with E-state index in [1.165, 1.54) is 24.5 Å². The van der Waals surface area contributed by atoms with Gasteiger partial charge in [-0.3, -0.25) is 4.79 Å². The van der Waals surface area contributed by atoms with Gasteiger partial charge in [-0.05, 0) is 37.6 Å². The minimum Gasteiger partial charge on any atom is -0.465 e. The van der Waals surface area contributed by atoms with E-state index in [1.807, 2.05) is 19.2 Å². The van der Waals surface area contributed by atoms with E-state index >= 15 is 0 Å². The van der Waals surface area contributed by atoms with Gasteiger partial charge < -0.3 is 10.1 Å². The Kier molecular flexibility index (Phi) is 5.06. The number of nitrogens with one attached hydrogen (secondary N) is 1. The second-order valence-electron chi connectivity index (χ2n) is 4.64. The number of amides is 1. The SMILES string of the molecule is COC(=O)c1ccc(C)c(NC(=O)/C=C/c2csc(C)n2)c1. The molecular formula is C16H16N2O3S. The van der Waals surface area contributed by atoms with Crippen LogP contribution in [0, 0.1) is 13.8 Å². The lowest BCUT2D eigenvalue weighted by Crippen LogP contribution is -2.10. The standard InChI is InChI=1S/C16H16N2O3S/c1-10-4-5-12(16(20)21-3)8-14(10)18-15(19)7-6-13-9-22-11(2)17-13/h4-9H,1-3H3,(H,18,19)/b7-6+. The third kappa shape index (κ3) is 4.02. The molecule has 0 saturated heterocycles. The molecule has 0 aliphatic heterocycles. The highest BCUT2D eigenvalue weighted by atomic mass is 32.1. The van der Waals surface area contributed by atoms with Gasteiger partial charge in [0.15, 0.2) is 0 Å². The first-order valence-corrected chi connectivity index (χ1v) is 7.47. The van der Waals surface area contributed by atoms with Gasteiger partial charge >= 0.3 is 5.97 Å². The van der Waals surface area contributed by atoms with E-state index < -0.39 is 5.97 Å². The number of carbonyl (C=O) groups excluding carboxylic acids is 2. The van der Waals surface area contributed by atoms with E-state index in [2.05, 4.69) is 15.0 Å². The first kappa shape index (κ1) is 15.9. The summed E-state index contributed by atoms with van der Waals surface area (Å²) in [5.41, 5.74) is 2.58. The average Bonchev–Trinajstić information content (AvgIpc) is 2.92. The number of hydrogen-bond donors (Lipinski definition) is 1. The average molecular weight is 316 g/mol. The molecule has 0 atom stereocenters. The Hall–Kier alpha value is -2.47. The Morgan fingerprint density at radius 3 is 2.73 bits per heavy atom. The number of anilines is 1. The van der Waals surface area contributed by atoms with Crippen molar-refractivity contribution in [3.63, 3.8) is 0 Å². The van der Waals surface area contributed by atoms with E-state index in [-0.39, 0.29) is 5.91 Å². The summed E-state index contributed by atoms with van der Waals surface area (Å²) < 4.78 is 4.67. The molecule has 114 valence electrons. The molecule has 0 spiro atoms. The van der Waals surface area contributed by atoms with Crippen molar-refractivity contribution in [2.45, 2.75) is 13.8 Å². The summed E-state index contributed by atoms with van der Waals surface area (Å²) in [6.45, 7) is 3.76. The number of benzene rings is 1. The summed E-state index contributed by atoms with van der Waals surface area (Å²) in [6, 6.07) is 5.01. The predicted molar refractivity (Wildman–Crippen MR) is 87.0 cm³/mol. The van der Waals surface area contributed by atoms with E-state index in [0.29, 0.717) is 11.3 Å². The van der Waals surface area contributed by atoms with Crippen LogP contribution in [0.4, 0.5) is 5.69 Å². The maximum absolute atomic E-state index is 12.0. The summed E-state index contributed by atoms with van der Waals surface area (Å²) in [4.78, 5) is 27.7. The molecule has 2 aromatic rings. The molecule has 0 fully saturated rings. The molecular weight excluding hydrogens is 300 g/mol. The molecule has 22 heavy (non-hydrogen) atoms. The van der Waals surface area contributed by atoms with Crippen LogP contribution >= 0.6 is 11.3 Å². The van der Waals surface area contributed by atoms with Crippen molar-refractivity contribution < 1.29 is 14.3 Å². The molecule has 1 aromatic heterocycles. The van der Waals surface area contributed by atoms with E-state index in [9.17, 15) is 9.59 Å². The molecule has 1 N–H and O–H groups in total. The highest BCUT2D eigenvalue weighted by Gasteiger charge is 2.09. The normalized spacial score (nSPS) is 10.7. The molecule has 2 rings (SSSR count). The first-order chi connectivity index (χ1) is 10.5. The Labute approximate surface area is 132 Å².